The van der Waals surface area contributed by atoms with Crippen LogP contribution in [-0.2, 0) is 13.1 Å². The van der Waals surface area contributed by atoms with Gasteiger partial charge in [-0.15, -0.1) is 0 Å². The molecule has 2 amide bonds. The smallest absolute Gasteiger partial charge is 0.317 e. The second-order valence-corrected chi connectivity index (χ2v) is 16.0. The predicted molar refractivity (Wildman–Crippen MR) is 240 cm³/mol. The molecule has 64 heavy (non-hydrogen) atoms. The van der Waals surface area contributed by atoms with Crippen molar-refractivity contribution in [2.75, 3.05) is 49.9 Å². The standard InChI is InChI=1S/C44H38Cl2F2N14O2/c45-26-1-2-32(47)30(19-26)35-22-29(4-7-49-35)57-34-6-10-51-37-24-55-62(42(34)37)18-16-60-14-12-54-44(60)64-39-21-27(46)20-31(40(39)48)36-23-28(3-8-50-36)56-33-5-9-52-38-25-61(58-41(33)38)17-15-59-13-11-53-43(59)63/h1-10,19-25,44,54H,11-18H2,(H,50,56)(H,53,63)(H,49,51,57). The lowest BCUT2D eigenvalue weighted by Crippen LogP contribution is -2.42. The summed E-state index contributed by atoms with van der Waals surface area (Å²) in [5, 5.41) is 23.0. The Labute approximate surface area is 374 Å². The molecule has 0 spiro atoms. The number of carbonyl (C=O) groups excluding carboxylic acids is 1. The van der Waals surface area contributed by atoms with E-state index in [4.69, 9.17) is 33.0 Å². The van der Waals surface area contributed by atoms with Crippen molar-refractivity contribution in [3.05, 3.63) is 126 Å². The third-order valence-corrected chi connectivity index (χ3v) is 11.4. The zero-order valence-corrected chi connectivity index (χ0v) is 35.4. The van der Waals surface area contributed by atoms with Crippen LogP contribution >= 0.6 is 23.2 Å². The molecule has 0 bridgehead atoms. The van der Waals surface area contributed by atoms with Gasteiger partial charge in [-0.25, -0.2) is 13.6 Å². The number of rotatable bonds is 14. The molecule has 1 atom stereocenters. The molecule has 0 aliphatic carbocycles. The maximum absolute atomic E-state index is 16.5. The zero-order chi connectivity index (χ0) is 43.7. The summed E-state index contributed by atoms with van der Waals surface area (Å²) < 4.78 is 41.1. The molecular weight excluding hydrogens is 865 g/mol. The van der Waals surface area contributed by atoms with E-state index in [2.05, 4.69) is 46.3 Å². The summed E-state index contributed by atoms with van der Waals surface area (Å²) in [5.74, 6) is -1.07. The van der Waals surface area contributed by atoms with Crippen LogP contribution in [0.15, 0.2) is 104 Å². The van der Waals surface area contributed by atoms with Crippen LogP contribution in [0.25, 0.3) is 44.6 Å². The SMILES string of the molecule is O=C1NCCN1CCn1cc2nccc(Nc3ccnc(-c4cc(Cl)cc(OC5NCCN5CCn5ncc6nccc(Nc7ccnc(-c8cc(Cl)ccc8F)c7)c65)c4F)c3)c2n1. The molecule has 0 radical (unpaired) electrons. The van der Waals surface area contributed by atoms with E-state index in [-0.39, 0.29) is 22.4 Å². The molecule has 1 unspecified atom stereocenters. The van der Waals surface area contributed by atoms with Gasteiger partial charge in [0.25, 0.3) is 0 Å². The van der Waals surface area contributed by atoms with E-state index < -0.39 is 18.0 Å². The van der Waals surface area contributed by atoms with Gasteiger partial charge in [0.05, 0.1) is 48.2 Å². The van der Waals surface area contributed by atoms with E-state index in [1.165, 1.54) is 24.3 Å². The van der Waals surface area contributed by atoms with E-state index in [0.717, 1.165) is 11.2 Å². The Kier molecular flexibility index (Phi) is 11.3. The molecule has 10 rings (SSSR count). The van der Waals surface area contributed by atoms with Gasteiger partial charge in [0.15, 0.2) is 11.6 Å². The van der Waals surface area contributed by atoms with Crippen molar-refractivity contribution in [3.8, 4) is 28.3 Å². The highest BCUT2D eigenvalue weighted by atomic mass is 35.5. The first-order chi connectivity index (χ1) is 31.2. The summed E-state index contributed by atoms with van der Waals surface area (Å²) in [5.41, 5.74) is 6.77. The van der Waals surface area contributed by atoms with Crippen molar-refractivity contribution < 1.29 is 18.3 Å². The lowest BCUT2D eigenvalue weighted by atomic mass is 10.1. The number of aromatic nitrogens is 8. The maximum Gasteiger partial charge on any atom is 0.317 e. The number of anilines is 4. The number of halogens is 4. The van der Waals surface area contributed by atoms with Gasteiger partial charge in [-0.1, -0.05) is 23.2 Å². The molecular formula is C44H38Cl2F2N14O2. The van der Waals surface area contributed by atoms with E-state index in [9.17, 15) is 9.18 Å². The molecule has 8 heterocycles. The Morgan fingerprint density at radius 1 is 0.750 bits per heavy atom. The van der Waals surface area contributed by atoms with Crippen LogP contribution in [0, 0.1) is 11.6 Å². The highest BCUT2D eigenvalue weighted by Gasteiger charge is 2.28. The molecule has 4 N–H and O–H groups in total. The molecule has 2 aromatic carbocycles. The first kappa shape index (κ1) is 41.0. The number of urea groups is 1. The molecule has 324 valence electrons. The summed E-state index contributed by atoms with van der Waals surface area (Å²) >= 11 is 12.8. The van der Waals surface area contributed by atoms with Crippen molar-refractivity contribution in [3.63, 3.8) is 0 Å². The summed E-state index contributed by atoms with van der Waals surface area (Å²) in [6, 6.07) is 18.0. The van der Waals surface area contributed by atoms with Gasteiger partial charge in [-0.3, -0.25) is 39.5 Å². The number of ether oxygens (including phenoxy) is 1. The summed E-state index contributed by atoms with van der Waals surface area (Å²) in [6.07, 6.45) is 9.44. The fraction of sp³-hybridized carbons (Fsp3) is 0.205. The summed E-state index contributed by atoms with van der Waals surface area (Å²) in [6.45, 7) is 4.52. The normalized spacial score (nSPS) is 15.3. The number of fused-ring (bicyclic) bond motifs is 2. The number of pyridine rings is 4. The minimum absolute atomic E-state index is 0.0329. The topological polar surface area (TPSA) is 168 Å². The summed E-state index contributed by atoms with van der Waals surface area (Å²) in [4.78, 5) is 33.6. The van der Waals surface area contributed by atoms with Gasteiger partial charge in [0, 0.05) is 103 Å². The number of benzene rings is 2. The molecule has 20 heteroatoms. The zero-order valence-electron chi connectivity index (χ0n) is 33.8. The van der Waals surface area contributed by atoms with Crippen LogP contribution in [0.3, 0.4) is 0 Å². The van der Waals surface area contributed by atoms with E-state index >= 15 is 4.39 Å². The van der Waals surface area contributed by atoms with Crippen LogP contribution in [-0.4, -0.2) is 101 Å². The Bertz CT molecular complexity index is 3040. The van der Waals surface area contributed by atoms with Gasteiger partial charge >= 0.3 is 6.03 Å². The van der Waals surface area contributed by atoms with Crippen molar-refractivity contribution in [2.24, 2.45) is 0 Å². The van der Waals surface area contributed by atoms with Gasteiger partial charge in [0.1, 0.15) is 27.9 Å². The first-order valence-electron chi connectivity index (χ1n) is 20.4. The fourth-order valence-corrected chi connectivity index (χ4v) is 8.22. The third-order valence-electron chi connectivity index (χ3n) is 11.0. The summed E-state index contributed by atoms with van der Waals surface area (Å²) in [7, 11) is 0. The molecule has 2 fully saturated rings. The molecule has 16 nitrogen and oxygen atoms in total. The van der Waals surface area contributed by atoms with Crippen LogP contribution in [0.1, 0.15) is 0 Å². The number of hydrogen-bond acceptors (Lipinski definition) is 12. The number of carbonyl (C=O) groups is 1. The van der Waals surface area contributed by atoms with Crippen molar-refractivity contribution in [2.45, 2.75) is 19.4 Å². The Balaban J connectivity index is 0.828. The van der Waals surface area contributed by atoms with Gasteiger partial charge < -0.3 is 25.6 Å². The van der Waals surface area contributed by atoms with Gasteiger partial charge in [-0.2, -0.15) is 10.2 Å². The average molecular weight is 904 g/mol. The van der Waals surface area contributed by atoms with Crippen LogP contribution in [0.2, 0.25) is 10.0 Å². The lowest BCUT2D eigenvalue weighted by Gasteiger charge is -2.25. The van der Waals surface area contributed by atoms with Crippen molar-refractivity contribution in [1.29, 1.82) is 0 Å². The van der Waals surface area contributed by atoms with Crippen LogP contribution in [0.5, 0.6) is 5.75 Å². The molecule has 2 aliphatic heterocycles. The van der Waals surface area contributed by atoms with E-state index in [1.807, 2.05) is 27.9 Å². The fourth-order valence-electron chi connectivity index (χ4n) is 7.84. The minimum Gasteiger partial charge on any atom is -0.459 e. The van der Waals surface area contributed by atoms with Crippen LogP contribution in [0.4, 0.5) is 36.3 Å². The van der Waals surface area contributed by atoms with E-state index in [1.54, 1.807) is 70.9 Å². The number of nitrogens with one attached hydrogen (secondary N) is 4. The second kappa shape index (κ2) is 17.6. The van der Waals surface area contributed by atoms with Gasteiger partial charge in [-0.05, 0) is 60.7 Å². The molecule has 2 saturated heterocycles. The van der Waals surface area contributed by atoms with E-state index in [0.29, 0.717) is 108 Å². The lowest BCUT2D eigenvalue weighted by molar-refractivity contribution is 0.0390. The maximum atomic E-state index is 16.5. The molecule has 8 aromatic rings. The second-order valence-electron chi connectivity index (χ2n) is 15.1. The monoisotopic (exact) mass is 902 g/mol. The third kappa shape index (κ3) is 8.55. The van der Waals surface area contributed by atoms with Crippen molar-refractivity contribution >= 4 is 74.0 Å². The average Bonchev–Trinajstić information content (AvgIpc) is 4.12. The highest BCUT2D eigenvalue weighted by Crippen LogP contribution is 2.35. The van der Waals surface area contributed by atoms with Gasteiger partial charge in [0.2, 0.25) is 6.35 Å². The molecule has 6 aromatic heterocycles. The number of hydrogen-bond donors (Lipinski definition) is 4. The first-order valence-corrected chi connectivity index (χ1v) is 21.2. The quantitative estimate of drug-likeness (QED) is 0.0843. The largest absolute Gasteiger partial charge is 0.459 e. The Hall–Kier alpha value is -6.99. The predicted octanol–water partition coefficient (Wildman–Crippen LogP) is 7.67. The Morgan fingerprint density at radius 3 is 2.28 bits per heavy atom. The highest BCUT2D eigenvalue weighted by molar-refractivity contribution is 6.31. The number of amides is 2. The molecule has 2 aliphatic rings. The van der Waals surface area contributed by atoms with Crippen LogP contribution < -0.4 is 26.0 Å². The molecule has 0 saturated carbocycles. The Morgan fingerprint density at radius 2 is 1.48 bits per heavy atom. The number of nitrogens with zero attached hydrogens (tertiary/aromatic N) is 10. The minimum atomic E-state index is -0.664. The van der Waals surface area contributed by atoms with Crippen molar-refractivity contribution in [1.82, 2.24) is 59.9 Å².